The van der Waals surface area contributed by atoms with Crippen molar-refractivity contribution in [3.8, 4) is 18.1 Å². The molecule has 1 radical (unpaired) electrons. The first kappa shape index (κ1) is 78.8. The van der Waals surface area contributed by atoms with Crippen LogP contribution >= 0.6 is 53.6 Å². The van der Waals surface area contributed by atoms with Crippen LogP contribution in [0, 0.1) is 45.5 Å². The largest absolute Gasteiger partial charge is 0.444 e. The average Bonchev–Trinajstić information content (AvgIpc) is 0.788. The number of nitrogens with one attached hydrogen (secondary N) is 2. The summed E-state index contributed by atoms with van der Waals surface area (Å²) in [5.41, 5.74) is 8.90. The van der Waals surface area contributed by atoms with Crippen LogP contribution in [0.3, 0.4) is 0 Å². The molecule has 2 aliphatic heterocycles. The van der Waals surface area contributed by atoms with E-state index >= 15 is 0 Å². The highest BCUT2D eigenvalue weighted by Gasteiger charge is 2.31. The molecule has 4 aromatic heterocycles. The second-order valence-electron chi connectivity index (χ2n) is 26.9. The number of fused-ring (bicyclic) bond motifs is 2. The molecule has 2 aliphatic rings. The SMILES string of the molecule is CCN1CCC(n2cc([C@@H](Cc3cc(Cl)c4ncc(C#N)c(Nc5ccc(F)c(Cl)c5)c4c3)c3cccc(C(=O)N(C)C)c3)nn2)CC1.CN(C)C(=O)c1cccc([C@H](Cc2cc(Cl)c3ncc(C#N)c(Nc4ccc(F)c(Cl)c4)c3c2)c2cn(C3CCN(C(=O)OC(C)(C)C)CC3)nn2)c1.N#C[B]P=S. The smallest absolute Gasteiger partial charge is 0.410 e. The fourth-order valence-corrected chi connectivity index (χ4v) is 13.8. The van der Waals surface area contributed by atoms with E-state index in [9.17, 15) is 33.7 Å². The van der Waals surface area contributed by atoms with Crippen molar-refractivity contribution in [1.82, 2.24) is 59.6 Å². The van der Waals surface area contributed by atoms with Crippen LogP contribution in [0.5, 0.6) is 0 Å². The van der Waals surface area contributed by atoms with E-state index in [2.05, 4.69) is 77.0 Å². The van der Waals surface area contributed by atoms with Crippen LogP contribution in [0.25, 0.3) is 21.8 Å². The summed E-state index contributed by atoms with van der Waals surface area (Å²) in [5.74, 6) is -0.177. The van der Waals surface area contributed by atoms with Gasteiger partial charge in [0.05, 0.1) is 77.1 Å². The van der Waals surface area contributed by atoms with Crippen LogP contribution in [0.4, 0.5) is 36.3 Å². The van der Waals surface area contributed by atoms with Gasteiger partial charge in [-0.2, -0.15) is 10.5 Å². The van der Waals surface area contributed by atoms with Gasteiger partial charge in [-0.25, -0.2) is 28.2 Å². The molecule has 3 amide bonds. The van der Waals surface area contributed by atoms with E-state index in [4.69, 9.17) is 56.4 Å². The quantitative estimate of drug-likeness (QED) is 0.0598. The minimum atomic E-state index is -0.572. The molecule has 2 atom stereocenters. The lowest BCUT2D eigenvalue weighted by molar-refractivity contribution is 0.0184. The number of hydrogen-bond donors (Lipinski definition) is 2. The first-order valence-electron chi connectivity index (χ1n) is 33.9. The lowest BCUT2D eigenvalue weighted by atomic mass is 9.88. The van der Waals surface area contributed by atoms with E-state index in [1.165, 1.54) is 54.6 Å². The van der Waals surface area contributed by atoms with Gasteiger partial charge in [-0.1, -0.05) is 107 Å². The van der Waals surface area contributed by atoms with Gasteiger partial charge in [0, 0.05) is 130 Å². The lowest BCUT2D eigenvalue weighted by Gasteiger charge is -2.33. The average molecular weight is 1540 g/mol. The van der Waals surface area contributed by atoms with Gasteiger partial charge >= 0.3 is 13.1 Å². The van der Waals surface area contributed by atoms with Gasteiger partial charge in [0.25, 0.3) is 11.8 Å². The highest BCUT2D eigenvalue weighted by atomic mass is 35.5. The molecule has 0 aliphatic carbocycles. The number of likely N-dealkylation sites (tertiary alicyclic amines) is 2. The summed E-state index contributed by atoms with van der Waals surface area (Å²) >= 11 is 30.2. The number of piperidine rings is 2. The number of hydrogen-bond acceptors (Lipinski definition) is 17. The predicted molar refractivity (Wildman–Crippen MR) is 414 cm³/mol. The molecule has 30 heteroatoms. The molecule has 0 spiro atoms. The Bertz CT molecular complexity index is 5050. The highest BCUT2D eigenvalue weighted by molar-refractivity contribution is 8.09. The van der Waals surface area contributed by atoms with Crippen LogP contribution in [-0.2, 0) is 29.4 Å². The van der Waals surface area contributed by atoms with Crippen molar-refractivity contribution in [2.24, 2.45) is 0 Å². The third-order valence-corrected chi connectivity index (χ3v) is 19.8. The number of anilines is 4. The first-order chi connectivity index (χ1) is 50.8. The molecule has 6 aromatic carbocycles. The van der Waals surface area contributed by atoms with Gasteiger partial charge in [0.2, 0.25) is 0 Å². The summed E-state index contributed by atoms with van der Waals surface area (Å²) in [5, 5.41) is 54.5. The van der Waals surface area contributed by atoms with E-state index in [-0.39, 0.29) is 57.4 Å². The van der Waals surface area contributed by atoms with Crippen LogP contribution in [0.1, 0.15) is 143 Å². The van der Waals surface area contributed by atoms with E-state index in [1.54, 1.807) is 56.1 Å². The molecule has 10 aromatic rings. The van der Waals surface area contributed by atoms with E-state index < -0.39 is 17.2 Å². The Morgan fingerprint density at radius 2 is 1.08 bits per heavy atom. The normalized spacial score (nSPS) is 13.9. The van der Waals surface area contributed by atoms with Crippen molar-refractivity contribution < 1.29 is 27.9 Å². The number of carbonyl (C=O) groups is 3. The van der Waals surface area contributed by atoms with Crippen molar-refractivity contribution >= 4 is 135 Å². The molecule has 2 saturated heterocycles. The summed E-state index contributed by atoms with van der Waals surface area (Å²) in [6.45, 7) is 13.2. The van der Waals surface area contributed by atoms with Crippen molar-refractivity contribution in [2.45, 2.75) is 95.7 Å². The number of aromatic nitrogens is 8. The molecular formula is C76H74BCl4F2N17O4PS. The van der Waals surface area contributed by atoms with Crippen molar-refractivity contribution in [3.63, 3.8) is 0 Å². The van der Waals surface area contributed by atoms with E-state index in [0.717, 1.165) is 60.4 Å². The second-order valence-corrected chi connectivity index (χ2v) is 29.6. The minimum Gasteiger partial charge on any atom is -0.444 e. The van der Waals surface area contributed by atoms with Crippen molar-refractivity contribution in [1.29, 1.82) is 15.8 Å². The monoisotopic (exact) mass is 1540 g/mol. The van der Waals surface area contributed by atoms with Gasteiger partial charge in [0.1, 0.15) is 29.4 Å². The number of pyridine rings is 2. The number of nitriles is 3. The molecule has 12 rings (SSSR count). The fraction of sp³-hybridized carbons (Fsp3) is 0.316. The molecule has 543 valence electrons. The third-order valence-electron chi connectivity index (χ3n) is 18.1. The van der Waals surface area contributed by atoms with E-state index in [0.29, 0.717) is 123 Å². The molecule has 6 heterocycles. The molecule has 106 heavy (non-hydrogen) atoms. The van der Waals surface area contributed by atoms with Gasteiger partial charge in [0.15, 0.2) is 0 Å². The summed E-state index contributed by atoms with van der Waals surface area (Å²) < 4.78 is 37.3. The number of rotatable bonds is 18. The zero-order chi connectivity index (χ0) is 76.1. The molecule has 0 saturated carbocycles. The number of ether oxygens (including phenoxy) is 1. The Morgan fingerprint density at radius 1 is 0.642 bits per heavy atom. The van der Waals surface area contributed by atoms with Crippen LogP contribution in [0.2, 0.25) is 20.1 Å². The predicted octanol–water partition coefficient (Wildman–Crippen LogP) is 16.7. The van der Waals surface area contributed by atoms with Gasteiger partial charge in [-0.05, 0) is 173 Å². The Kier molecular flexibility index (Phi) is 26.5. The lowest BCUT2D eigenvalue weighted by Crippen LogP contribution is -2.42. The maximum atomic E-state index is 14.0. The first-order valence-corrected chi connectivity index (χ1v) is 37.4. The Hall–Kier alpha value is -9.74. The second kappa shape index (κ2) is 35.6. The Balaban J connectivity index is 0.000000214. The molecule has 0 bridgehead atoms. The summed E-state index contributed by atoms with van der Waals surface area (Å²) in [6, 6.07) is 35.8. The standard InChI is InChI=1S/C39H39Cl2FN8O3.C36H35Cl2FN8O.CBNPS/c1-39(2,3)53-38(52)49-13-11-28(12-14-49)50-22-34(46-47-50)29(24-7-6-8-25(18-24)37(51)48(4)5)15-23-16-30-35(45-27-9-10-33(42)31(40)19-27)26(20-43)21-44-36(30)32(41)17-23;1-4-46-12-10-27(11-13-46)47-21-33(43-44-47)28(23-6-5-7-24(17-23)36(48)45(2)3)14-22-15-29-34(42-26-8-9-32(39)30(37)18-26)25(19-40)20-41-35(29)31(38)16-22;3-1-2-4-5/h6-10,16-19,21-22,28-29H,11-15H2,1-5H3,(H,44,45);5-9,15-18,20-21,27-28H,4,10-14H2,1-3H3,(H,41,42);/t29-;28-;/m00./s1. The maximum absolute atomic E-state index is 14.0. The third kappa shape index (κ3) is 19.5. The number of benzene rings is 6. The Labute approximate surface area is 641 Å². The molecule has 21 nitrogen and oxygen atoms in total. The summed E-state index contributed by atoms with van der Waals surface area (Å²) in [4.78, 5) is 54.9. The van der Waals surface area contributed by atoms with Gasteiger partial charge < -0.3 is 35.0 Å². The maximum Gasteiger partial charge on any atom is 0.410 e. The van der Waals surface area contributed by atoms with E-state index in [1.807, 2.05) is 109 Å². The van der Waals surface area contributed by atoms with Crippen molar-refractivity contribution in [2.75, 3.05) is 71.5 Å². The van der Waals surface area contributed by atoms with Gasteiger partial charge in [-0.3, -0.25) is 19.6 Å². The topological polar surface area (TPSA) is 256 Å². The number of nitrogens with zero attached hydrogens (tertiary/aromatic N) is 15. The molecular weight excluding hydrogens is 1470 g/mol. The minimum absolute atomic E-state index is 0.0245. The Morgan fingerprint density at radius 3 is 1.44 bits per heavy atom. The van der Waals surface area contributed by atoms with Crippen LogP contribution in [-0.4, -0.2) is 151 Å². The summed E-state index contributed by atoms with van der Waals surface area (Å²) in [7, 11) is 7.50. The fourth-order valence-electron chi connectivity index (χ4n) is 12.7. The van der Waals surface area contributed by atoms with Gasteiger partial charge in [-0.15, -0.1) is 10.2 Å². The molecule has 2 fully saturated rings. The zero-order valence-electron chi connectivity index (χ0n) is 59.3. The number of amides is 3. The zero-order valence-corrected chi connectivity index (χ0v) is 64.1. The van der Waals surface area contributed by atoms with Crippen LogP contribution < -0.4 is 10.6 Å². The van der Waals surface area contributed by atoms with Crippen molar-refractivity contribution in [3.05, 3.63) is 222 Å². The molecule has 2 N–H and O–H groups in total. The number of carbonyl (C=O) groups excluding carboxylic acids is 3. The molecule has 0 unspecified atom stereocenters. The number of halogens is 6. The summed E-state index contributed by atoms with van der Waals surface area (Å²) in [6.07, 6.45) is 10.8. The van der Waals surface area contributed by atoms with Crippen LogP contribution in [0.15, 0.2) is 134 Å². The highest BCUT2D eigenvalue weighted by Crippen LogP contribution is 2.40.